The fraction of sp³-hybridized carbons (Fsp3) is 0.600. The Kier molecular flexibility index (Phi) is 11.0. The highest BCUT2D eigenvalue weighted by Crippen LogP contribution is 2.35. The van der Waals surface area contributed by atoms with Crippen LogP contribution in [0.3, 0.4) is 0 Å². The third kappa shape index (κ3) is 8.78. The Balaban J connectivity index is 1.42. The Morgan fingerprint density at radius 3 is 2.52 bits per heavy atom. The largest absolute Gasteiger partial charge is 0.491 e. The molecule has 2 atom stereocenters. The van der Waals surface area contributed by atoms with Gasteiger partial charge in [-0.2, -0.15) is 0 Å². The number of fused-ring (bicyclic) bond motifs is 1. The molecule has 2 aromatic rings. The minimum Gasteiger partial charge on any atom is -0.491 e. The molecule has 40 heavy (non-hydrogen) atoms. The van der Waals surface area contributed by atoms with Crippen LogP contribution in [-0.2, 0) is 27.1 Å². The van der Waals surface area contributed by atoms with Crippen LogP contribution in [0.4, 0.5) is 10.2 Å². The van der Waals surface area contributed by atoms with Gasteiger partial charge in [0.1, 0.15) is 36.2 Å². The number of carboxylic acid groups (broad SMARTS) is 1. The quantitative estimate of drug-likeness (QED) is 0.294. The topological polar surface area (TPSA) is 102 Å². The number of nitrogens with zero attached hydrogens (tertiary/aromatic N) is 2. The Hall–Kier alpha value is -2.95. The number of nitrogens with one attached hydrogen (secondary N) is 1. The smallest absolute Gasteiger partial charge is 0.304 e. The van der Waals surface area contributed by atoms with E-state index in [4.69, 9.17) is 23.9 Å². The number of ether oxygens (including phenoxy) is 4. The summed E-state index contributed by atoms with van der Waals surface area (Å²) in [6.45, 7) is 3.75. The number of alkyl halides is 1. The summed E-state index contributed by atoms with van der Waals surface area (Å²) in [5.41, 5.74) is 1.57. The number of halogens is 1. The zero-order valence-corrected chi connectivity index (χ0v) is 23.6. The summed E-state index contributed by atoms with van der Waals surface area (Å²) in [5.74, 6) is 0.816. The first kappa shape index (κ1) is 30.0. The summed E-state index contributed by atoms with van der Waals surface area (Å²) in [4.78, 5) is 18.6. The lowest BCUT2D eigenvalue weighted by Gasteiger charge is -2.25. The molecule has 2 aliphatic rings. The van der Waals surface area contributed by atoms with Gasteiger partial charge in [0, 0.05) is 58.1 Å². The molecular formula is C30H42FN3O6. The molecular weight excluding hydrogens is 517 g/mol. The normalized spacial score (nSPS) is 19.6. The first-order valence-electron chi connectivity index (χ1n) is 14.1. The highest BCUT2D eigenvalue weighted by atomic mass is 19.1. The fourth-order valence-corrected chi connectivity index (χ4v) is 5.43. The van der Waals surface area contributed by atoms with Gasteiger partial charge in [-0.3, -0.25) is 9.69 Å². The molecule has 1 aromatic carbocycles. The number of carbonyl (C=O) groups is 1. The van der Waals surface area contributed by atoms with Gasteiger partial charge in [0.15, 0.2) is 0 Å². The second kappa shape index (κ2) is 14.6. The Morgan fingerprint density at radius 2 is 1.85 bits per heavy atom. The van der Waals surface area contributed by atoms with Crippen molar-refractivity contribution in [2.45, 2.75) is 50.1 Å². The summed E-state index contributed by atoms with van der Waals surface area (Å²) < 4.78 is 37.7. The number of methoxy groups -OCH3 is 2. The predicted octanol–water partition coefficient (Wildman–Crippen LogP) is 4.10. The number of hydrogen-bond donors (Lipinski definition) is 2. The van der Waals surface area contributed by atoms with Crippen LogP contribution >= 0.6 is 0 Å². The van der Waals surface area contributed by atoms with E-state index in [1.165, 1.54) is 5.56 Å². The molecule has 9 nitrogen and oxygen atoms in total. The number of rotatable bonds is 16. The molecule has 10 heteroatoms. The molecule has 2 aliphatic heterocycles. The van der Waals surface area contributed by atoms with Crippen LogP contribution in [0.2, 0.25) is 0 Å². The maximum Gasteiger partial charge on any atom is 0.304 e. The van der Waals surface area contributed by atoms with Gasteiger partial charge < -0.3 is 29.4 Å². The monoisotopic (exact) mass is 559 g/mol. The number of pyridine rings is 1. The van der Waals surface area contributed by atoms with Gasteiger partial charge in [-0.1, -0.05) is 6.07 Å². The van der Waals surface area contributed by atoms with Crippen molar-refractivity contribution in [1.82, 2.24) is 9.88 Å². The van der Waals surface area contributed by atoms with Crippen molar-refractivity contribution in [3.63, 3.8) is 0 Å². The third-order valence-electron chi connectivity index (χ3n) is 7.55. The van der Waals surface area contributed by atoms with Crippen LogP contribution in [0.5, 0.6) is 11.5 Å². The number of aryl methyl sites for hydroxylation is 2. The van der Waals surface area contributed by atoms with Crippen molar-refractivity contribution in [3.8, 4) is 11.5 Å². The summed E-state index contributed by atoms with van der Waals surface area (Å²) >= 11 is 0. The molecule has 1 fully saturated rings. The minimum absolute atomic E-state index is 0.0825. The number of carboxylic acids is 1. The van der Waals surface area contributed by atoms with E-state index in [1.54, 1.807) is 20.3 Å². The lowest BCUT2D eigenvalue weighted by atomic mass is 9.94. The lowest BCUT2D eigenvalue weighted by Crippen LogP contribution is -2.33. The second-order valence-electron chi connectivity index (χ2n) is 10.7. The first-order valence-corrected chi connectivity index (χ1v) is 14.1. The van der Waals surface area contributed by atoms with E-state index < -0.39 is 11.6 Å². The van der Waals surface area contributed by atoms with Gasteiger partial charge in [-0.25, -0.2) is 9.37 Å². The summed E-state index contributed by atoms with van der Waals surface area (Å²) in [7, 11) is 3.20. The van der Waals surface area contributed by atoms with E-state index in [9.17, 15) is 9.90 Å². The van der Waals surface area contributed by atoms with Crippen LogP contribution < -0.4 is 14.8 Å². The molecule has 2 N–H and O–H groups in total. The molecule has 0 spiro atoms. The fourth-order valence-electron chi connectivity index (χ4n) is 5.43. The van der Waals surface area contributed by atoms with Gasteiger partial charge >= 0.3 is 5.97 Å². The predicted molar refractivity (Wildman–Crippen MR) is 150 cm³/mol. The van der Waals surface area contributed by atoms with Crippen LogP contribution in [0.25, 0.3) is 0 Å². The van der Waals surface area contributed by atoms with Gasteiger partial charge in [0.25, 0.3) is 0 Å². The van der Waals surface area contributed by atoms with Crippen molar-refractivity contribution in [1.29, 1.82) is 0 Å². The number of benzene rings is 1. The average molecular weight is 560 g/mol. The second-order valence-corrected chi connectivity index (χ2v) is 10.7. The van der Waals surface area contributed by atoms with Crippen molar-refractivity contribution >= 4 is 11.8 Å². The Morgan fingerprint density at radius 1 is 1.12 bits per heavy atom. The van der Waals surface area contributed by atoms with Gasteiger partial charge in [0.2, 0.25) is 0 Å². The lowest BCUT2D eigenvalue weighted by molar-refractivity contribution is -0.137. The highest BCUT2D eigenvalue weighted by Gasteiger charge is 2.39. The standard InChI is InChI=1S/C30H42FN3O6/c1-37-12-14-39-26-16-23(17-27(19-26)40-15-13-38-2)24(18-28(35)36)20-34-11-9-30(31,21-34)8-7-25-6-5-22-4-3-10-32-29(22)33-25/h5-6,16-17,19,24H,3-4,7-15,18,20-21H2,1-2H3,(H,32,33)(H,35,36). The van der Waals surface area contributed by atoms with Crippen molar-refractivity contribution in [2.24, 2.45) is 0 Å². The summed E-state index contributed by atoms with van der Waals surface area (Å²) in [6.07, 6.45) is 3.42. The SMILES string of the molecule is COCCOc1cc(OCCOC)cc(C(CC(=O)O)CN2CCC(F)(CCc3ccc4c(n3)NCCC4)C2)c1. The number of anilines is 1. The van der Waals surface area contributed by atoms with E-state index in [-0.39, 0.29) is 18.9 Å². The molecule has 0 radical (unpaired) electrons. The van der Waals surface area contributed by atoms with E-state index >= 15 is 4.39 Å². The average Bonchev–Trinajstić information content (AvgIpc) is 3.32. The molecule has 0 saturated carbocycles. The highest BCUT2D eigenvalue weighted by molar-refractivity contribution is 5.68. The van der Waals surface area contributed by atoms with Crippen molar-refractivity contribution in [2.75, 3.05) is 72.1 Å². The number of aliphatic carboxylic acids is 1. The molecule has 4 rings (SSSR count). The van der Waals surface area contributed by atoms with Gasteiger partial charge in [0.05, 0.1) is 19.6 Å². The molecule has 220 valence electrons. The summed E-state index contributed by atoms with van der Waals surface area (Å²) in [5, 5.41) is 13.0. The van der Waals surface area contributed by atoms with Crippen LogP contribution in [-0.4, -0.2) is 93.5 Å². The third-order valence-corrected chi connectivity index (χ3v) is 7.55. The molecule has 1 saturated heterocycles. The Labute approximate surface area is 236 Å². The molecule has 3 heterocycles. The number of aromatic nitrogens is 1. The molecule has 1 aromatic heterocycles. The molecule has 2 unspecified atom stereocenters. The van der Waals surface area contributed by atoms with E-state index in [1.807, 2.05) is 23.1 Å². The summed E-state index contributed by atoms with van der Waals surface area (Å²) in [6, 6.07) is 9.59. The van der Waals surface area contributed by atoms with Crippen LogP contribution in [0.1, 0.15) is 48.4 Å². The maximum absolute atomic E-state index is 15.9. The zero-order chi connectivity index (χ0) is 28.4. The minimum atomic E-state index is -1.33. The van der Waals surface area contributed by atoms with Gasteiger partial charge in [-0.05, 0) is 61.4 Å². The molecule has 0 bridgehead atoms. The van der Waals surface area contributed by atoms with Crippen molar-refractivity contribution < 1.29 is 33.2 Å². The maximum atomic E-state index is 15.9. The van der Waals surface area contributed by atoms with E-state index in [0.717, 1.165) is 36.5 Å². The first-order chi connectivity index (χ1) is 19.4. The number of hydrogen-bond acceptors (Lipinski definition) is 8. The number of likely N-dealkylation sites (tertiary alicyclic amines) is 1. The molecule has 0 amide bonds. The van der Waals surface area contributed by atoms with E-state index in [0.29, 0.717) is 70.3 Å². The van der Waals surface area contributed by atoms with Crippen LogP contribution in [0.15, 0.2) is 30.3 Å². The van der Waals surface area contributed by atoms with Gasteiger partial charge in [-0.15, -0.1) is 0 Å². The zero-order valence-electron chi connectivity index (χ0n) is 23.6. The van der Waals surface area contributed by atoms with Crippen LogP contribution in [0, 0.1) is 0 Å². The molecule has 0 aliphatic carbocycles. The van der Waals surface area contributed by atoms with Crippen molar-refractivity contribution in [3.05, 3.63) is 47.2 Å². The van der Waals surface area contributed by atoms with E-state index in [2.05, 4.69) is 11.4 Å². The Bertz CT molecular complexity index is 1090.